The topological polar surface area (TPSA) is 101 Å². The van der Waals surface area contributed by atoms with Crippen LogP contribution in [0.25, 0.3) is 0 Å². The number of nitrogens with two attached hydrogens (primary N) is 1. The molecule has 3 amide bonds. The van der Waals surface area contributed by atoms with Crippen molar-refractivity contribution in [2.75, 3.05) is 0 Å². The molecule has 0 radical (unpaired) electrons. The molecule has 0 heterocycles. The molecule has 0 aliphatic heterocycles. The van der Waals surface area contributed by atoms with Gasteiger partial charge in [-0.1, -0.05) is 6.42 Å². The third-order valence-corrected chi connectivity index (χ3v) is 2.00. The molecular weight excluding hydrogens is 174 g/mol. The van der Waals surface area contributed by atoms with Crippen molar-refractivity contribution >= 4 is 17.7 Å². The first kappa shape index (κ1) is 9.50. The Bertz CT molecular complexity index is 247. The molecule has 1 fully saturated rings. The minimum Gasteiger partial charge on any atom is -0.361 e. The van der Waals surface area contributed by atoms with E-state index in [0.717, 1.165) is 19.3 Å². The second kappa shape index (κ2) is 3.88. The van der Waals surface area contributed by atoms with Crippen LogP contribution in [0.15, 0.2) is 0 Å². The molecule has 6 nitrogen and oxygen atoms in total. The lowest BCUT2D eigenvalue weighted by molar-refractivity contribution is -0.140. The van der Waals surface area contributed by atoms with Gasteiger partial charge >= 0.3 is 11.8 Å². The van der Waals surface area contributed by atoms with Crippen molar-refractivity contribution in [3.8, 4) is 0 Å². The third kappa shape index (κ3) is 2.43. The van der Waals surface area contributed by atoms with E-state index in [4.69, 9.17) is 0 Å². The van der Waals surface area contributed by atoms with Crippen LogP contribution in [0.5, 0.6) is 0 Å². The first-order valence-electron chi connectivity index (χ1n) is 4.01. The molecule has 4 N–H and O–H groups in total. The lowest BCUT2D eigenvalue weighted by atomic mass is 9.85. The molecule has 0 bridgehead atoms. The number of primary amides is 1. The summed E-state index contributed by atoms with van der Waals surface area (Å²) >= 11 is 0. The van der Waals surface area contributed by atoms with Gasteiger partial charge in [0.05, 0.1) is 0 Å². The molecule has 0 spiro atoms. The van der Waals surface area contributed by atoms with Gasteiger partial charge in [-0.25, -0.2) is 0 Å². The maximum absolute atomic E-state index is 11.1. The van der Waals surface area contributed by atoms with E-state index >= 15 is 0 Å². The van der Waals surface area contributed by atoms with Crippen LogP contribution in [0.2, 0.25) is 0 Å². The number of hydrazine groups is 1. The van der Waals surface area contributed by atoms with E-state index in [2.05, 4.69) is 11.2 Å². The first-order valence-corrected chi connectivity index (χ1v) is 4.01. The highest BCUT2D eigenvalue weighted by Crippen LogP contribution is 2.25. The van der Waals surface area contributed by atoms with Gasteiger partial charge in [-0.3, -0.25) is 25.2 Å². The molecule has 0 aromatic rings. The summed E-state index contributed by atoms with van der Waals surface area (Å²) in [6.07, 6.45) is 2.69. The van der Waals surface area contributed by atoms with Gasteiger partial charge in [0.25, 0.3) is 0 Å². The molecule has 1 aliphatic rings. The van der Waals surface area contributed by atoms with E-state index in [1.807, 2.05) is 5.43 Å². The Balaban J connectivity index is 2.21. The number of amides is 3. The van der Waals surface area contributed by atoms with E-state index < -0.39 is 11.8 Å². The smallest absolute Gasteiger partial charge is 0.327 e. The SMILES string of the molecule is NC(=O)C(=O)NNC(=O)C1CCC1. The predicted molar refractivity (Wildman–Crippen MR) is 42.8 cm³/mol. The van der Waals surface area contributed by atoms with E-state index in [0.29, 0.717) is 0 Å². The van der Waals surface area contributed by atoms with Gasteiger partial charge in [0.1, 0.15) is 0 Å². The molecule has 13 heavy (non-hydrogen) atoms. The molecule has 6 heteroatoms. The van der Waals surface area contributed by atoms with Crippen LogP contribution in [-0.4, -0.2) is 17.7 Å². The van der Waals surface area contributed by atoms with E-state index in [9.17, 15) is 14.4 Å². The average molecular weight is 185 g/mol. The van der Waals surface area contributed by atoms with Gasteiger partial charge in [-0.05, 0) is 12.8 Å². The van der Waals surface area contributed by atoms with Crippen molar-refractivity contribution in [1.29, 1.82) is 0 Å². The summed E-state index contributed by atoms with van der Waals surface area (Å²) < 4.78 is 0. The molecule has 0 aromatic carbocycles. The van der Waals surface area contributed by atoms with Crippen molar-refractivity contribution < 1.29 is 14.4 Å². The van der Waals surface area contributed by atoms with Crippen LogP contribution < -0.4 is 16.6 Å². The van der Waals surface area contributed by atoms with Gasteiger partial charge in [-0.2, -0.15) is 0 Å². The average Bonchev–Trinajstić information content (AvgIpc) is 1.96. The van der Waals surface area contributed by atoms with Crippen LogP contribution in [0.3, 0.4) is 0 Å². The summed E-state index contributed by atoms with van der Waals surface area (Å²) in [5.41, 5.74) is 8.69. The minimum atomic E-state index is -1.12. The van der Waals surface area contributed by atoms with E-state index in [1.165, 1.54) is 0 Å². The molecule has 0 unspecified atom stereocenters. The van der Waals surface area contributed by atoms with Gasteiger partial charge < -0.3 is 5.73 Å². The summed E-state index contributed by atoms with van der Waals surface area (Å²) in [7, 11) is 0. The minimum absolute atomic E-state index is 0.0341. The zero-order valence-electron chi connectivity index (χ0n) is 7.00. The highest BCUT2D eigenvalue weighted by atomic mass is 16.2. The van der Waals surface area contributed by atoms with Crippen molar-refractivity contribution in [2.24, 2.45) is 11.7 Å². The second-order valence-electron chi connectivity index (χ2n) is 2.94. The molecule has 72 valence electrons. The van der Waals surface area contributed by atoms with Crippen molar-refractivity contribution in [3.05, 3.63) is 0 Å². The number of hydrogen-bond donors (Lipinski definition) is 3. The monoisotopic (exact) mass is 185 g/mol. The Labute approximate surface area is 74.8 Å². The summed E-state index contributed by atoms with van der Waals surface area (Å²) in [6, 6.07) is 0. The zero-order chi connectivity index (χ0) is 9.84. The van der Waals surface area contributed by atoms with Gasteiger partial charge in [0, 0.05) is 5.92 Å². The van der Waals surface area contributed by atoms with Crippen molar-refractivity contribution in [2.45, 2.75) is 19.3 Å². The fourth-order valence-corrected chi connectivity index (χ4v) is 0.952. The van der Waals surface area contributed by atoms with Crippen LogP contribution >= 0.6 is 0 Å². The Hall–Kier alpha value is -1.59. The van der Waals surface area contributed by atoms with Crippen molar-refractivity contribution in [1.82, 2.24) is 10.9 Å². The highest BCUT2D eigenvalue weighted by molar-refractivity contribution is 6.34. The molecule has 1 aliphatic carbocycles. The zero-order valence-corrected chi connectivity index (χ0v) is 7.00. The number of carbonyl (C=O) groups excluding carboxylic acids is 3. The summed E-state index contributed by atoms with van der Waals surface area (Å²) in [6.45, 7) is 0. The molecule has 1 rings (SSSR count). The molecular formula is C7H11N3O3. The Morgan fingerprint density at radius 3 is 2.15 bits per heavy atom. The van der Waals surface area contributed by atoms with Crippen molar-refractivity contribution in [3.63, 3.8) is 0 Å². The van der Waals surface area contributed by atoms with Crippen LogP contribution in [0.1, 0.15) is 19.3 Å². The molecule has 0 aromatic heterocycles. The molecule has 0 saturated heterocycles. The quantitative estimate of drug-likeness (QED) is 0.339. The number of hydrogen-bond acceptors (Lipinski definition) is 3. The van der Waals surface area contributed by atoms with Crippen LogP contribution in [0, 0.1) is 5.92 Å². The lowest BCUT2D eigenvalue weighted by Gasteiger charge is -2.23. The Morgan fingerprint density at radius 2 is 1.77 bits per heavy atom. The highest BCUT2D eigenvalue weighted by Gasteiger charge is 2.25. The standard InChI is InChI=1S/C7H11N3O3/c8-5(11)7(13)10-9-6(12)4-2-1-3-4/h4H,1-3H2,(H2,8,11)(H,9,12)(H,10,13). The normalized spacial score (nSPS) is 15.7. The van der Waals surface area contributed by atoms with Gasteiger partial charge in [0.2, 0.25) is 5.91 Å². The maximum atomic E-state index is 11.1. The fraction of sp³-hybridized carbons (Fsp3) is 0.571. The third-order valence-electron chi connectivity index (χ3n) is 2.00. The number of rotatable bonds is 1. The maximum Gasteiger partial charge on any atom is 0.327 e. The van der Waals surface area contributed by atoms with E-state index in [-0.39, 0.29) is 11.8 Å². The number of carbonyl (C=O) groups is 3. The Kier molecular flexibility index (Phi) is 2.84. The van der Waals surface area contributed by atoms with Crippen LogP contribution in [0.4, 0.5) is 0 Å². The molecule has 0 atom stereocenters. The summed E-state index contributed by atoms with van der Waals surface area (Å²) in [5, 5.41) is 0. The Morgan fingerprint density at radius 1 is 1.15 bits per heavy atom. The first-order chi connectivity index (χ1) is 6.11. The summed E-state index contributed by atoms with van der Waals surface area (Å²) in [4.78, 5) is 31.9. The predicted octanol–water partition coefficient (Wildman–Crippen LogP) is -1.58. The van der Waals surface area contributed by atoms with E-state index in [1.54, 1.807) is 0 Å². The van der Waals surface area contributed by atoms with Crippen LogP contribution in [-0.2, 0) is 14.4 Å². The fourth-order valence-electron chi connectivity index (χ4n) is 0.952. The largest absolute Gasteiger partial charge is 0.361 e. The van der Waals surface area contributed by atoms with Gasteiger partial charge in [0.15, 0.2) is 0 Å². The van der Waals surface area contributed by atoms with Gasteiger partial charge in [-0.15, -0.1) is 0 Å². The number of nitrogens with one attached hydrogen (secondary N) is 2. The molecule has 1 saturated carbocycles. The lowest BCUT2D eigenvalue weighted by Crippen LogP contribution is -2.49. The second-order valence-corrected chi connectivity index (χ2v) is 2.94. The summed E-state index contributed by atoms with van der Waals surface area (Å²) in [5.74, 6) is -2.42.